The van der Waals surface area contributed by atoms with E-state index in [0.717, 1.165) is 12.1 Å². The van der Waals surface area contributed by atoms with Crippen molar-refractivity contribution in [2.24, 2.45) is 0 Å². The maximum atomic E-state index is 13.0. The number of rotatable bonds is 4. The van der Waals surface area contributed by atoms with Gasteiger partial charge in [-0.15, -0.1) is 5.10 Å². The SMILES string of the molecule is CN(C)/C=C/C(=O)c1c(-c2cccc(C(F)(F)F)c2)nn2ncccc12. The molecule has 0 radical (unpaired) electrons. The quantitative estimate of drug-likeness (QED) is 0.526. The molecule has 1 aromatic carbocycles. The second-order valence-corrected chi connectivity index (χ2v) is 5.84. The molecule has 0 saturated heterocycles. The van der Waals surface area contributed by atoms with Crippen LogP contribution in [-0.4, -0.2) is 39.6 Å². The first kappa shape index (κ1) is 17.7. The van der Waals surface area contributed by atoms with Crippen LogP contribution in [0.1, 0.15) is 15.9 Å². The largest absolute Gasteiger partial charge is 0.416 e. The van der Waals surface area contributed by atoms with Crippen molar-refractivity contribution >= 4 is 11.3 Å². The molecule has 0 unspecified atom stereocenters. The van der Waals surface area contributed by atoms with Crippen LogP contribution in [-0.2, 0) is 6.18 Å². The summed E-state index contributed by atoms with van der Waals surface area (Å²) in [5.41, 5.74) is 0.182. The fraction of sp³-hybridized carbons (Fsp3) is 0.167. The third-order valence-electron chi connectivity index (χ3n) is 3.65. The normalized spacial score (nSPS) is 12.0. The van der Waals surface area contributed by atoms with Gasteiger partial charge in [-0.2, -0.15) is 22.9 Å². The first-order chi connectivity index (χ1) is 12.3. The zero-order valence-electron chi connectivity index (χ0n) is 14.0. The minimum Gasteiger partial charge on any atom is -0.383 e. The molecular formula is C18H15F3N4O. The predicted molar refractivity (Wildman–Crippen MR) is 90.6 cm³/mol. The van der Waals surface area contributed by atoms with Crippen molar-refractivity contribution < 1.29 is 18.0 Å². The molecule has 2 aromatic heterocycles. The minimum atomic E-state index is -4.48. The first-order valence-corrected chi connectivity index (χ1v) is 7.68. The molecule has 0 atom stereocenters. The van der Waals surface area contributed by atoms with Crippen LogP contribution in [0.3, 0.4) is 0 Å². The number of nitrogens with zero attached hydrogens (tertiary/aromatic N) is 4. The van der Waals surface area contributed by atoms with Crippen LogP contribution in [0.25, 0.3) is 16.8 Å². The van der Waals surface area contributed by atoms with Gasteiger partial charge in [0.15, 0.2) is 5.78 Å². The third kappa shape index (κ3) is 3.44. The van der Waals surface area contributed by atoms with Crippen LogP contribution < -0.4 is 0 Å². The molecule has 8 heteroatoms. The number of allylic oxidation sites excluding steroid dienone is 1. The van der Waals surface area contributed by atoms with Crippen molar-refractivity contribution in [2.75, 3.05) is 14.1 Å². The van der Waals surface area contributed by atoms with Crippen molar-refractivity contribution in [3.63, 3.8) is 0 Å². The van der Waals surface area contributed by atoms with Crippen molar-refractivity contribution in [3.8, 4) is 11.3 Å². The number of benzene rings is 1. The molecule has 3 rings (SSSR count). The van der Waals surface area contributed by atoms with Gasteiger partial charge >= 0.3 is 6.18 Å². The van der Waals surface area contributed by atoms with E-state index in [1.165, 1.54) is 29.0 Å². The van der Waals surface area contributed by atoms with Crippen molar-refractivity contribution in [1.82, 2.24) is 19.7 Å². The number of alkyl halides is 3. The van der Waals surface area contributed by atoms with Gasteiger partial charge in [0.1, 0.15) is 5.69 Å². The summed E-state index contributed by atoms with van der Waals surface area (Å²) < 4.78 is 40.3. The lowest BCUT2D eigenvalue weighted by atomic mass is 10.0. The van der Waals surface area contributed by atoms with Gasteiger partial charge in [-0.25, -0.2) is 0 Å². The van der Waals surface area contributed by atoms with Crippen LogP contribution in [0.4, 0.5) is 13.2 Å². The highest BCUT2D eigenvalue weighted by atomic mass is 19.4. The summed E-state index contributed by atoms with van der Waals surface area (Å²) in [5.74, 6) is -0.367. The Labute approximate surface area is 147 Å². The van der Waals surface area contributed by atoms with Crippen LogP contribution in [0.5, 0.6) is 0 Å². The van der Waals surface area contributed by atoms with Crippen LogP contribution in [0.2, 0.25) is 0 Å². The topological polar surface area (TPSA) is 50.5 Å². The summed E-state index contributed by atoms with van der Waals surface area (Å²) in [7, 11) is 3.52. The van der Waals surface area contributed by atoms with Gasteiger partial charge in [0.2, 0.25) is 0 Å². The molecule has 0 saturated carbocycles. The van der Waals surface area contributed by atoms with E-state index < -0.39 is 11.7 Å². The number of carbonyl (C=O) groups excluding carboxylic acids is 1. The van der Waals surface area contributed by atoms with E-state index in [1.807, 2.05) is 0 Å². The number of aromatic nitrogens is 3. The van der Waals surface area contributed by atoms with Crippen molar-refractivity contribution in [3.05, 3.63) is 66.0 Å². The Kier molecular flexibility index (Phi) is 4.50. The summed E-state index contributed by atoms with van der Waals surface area (Å²) in [5, 5.41) is 8.26. The van der Waals surface area contributed by atoms with E-state index >= 15 is 0 Å². The number of ketones is 1. The lowest BCUT2D eigenvalue weighted by molar-refractivity contribution is -0.137. The summed E-state index contributed by atoms with van der Waals surface area (Å²) in [4.78, 5) is 14.4. The Morgan fingerprint density at radius 2 is 1.96 bits per heavy atom. The average Bonchev–Trinajstić information content (AvgIpc) is 2.98. The summed E-state index contributed by atoms with van der Waals surface area (Å²) in [6.45, 7) is 0. The molecule has 0 aliphatic carbocycles. The number of carbonyl (C=O) groups is 1. The number of fused-ring (bicyclic) bond motifs is 1. The minimum absolute atomic E-state index is 0.156. The Morgan fingerprint density at radius 1 is 1.19 bits per heavy atom. The van der Waals surface area contributed by atoms with Crippen molar-refractivity contribution in [1.29, 1.82) is 0 Å². The Hall–Kier alpha value is -3.16. The van der Waals surface area contributed by atoms with Crippen molar-refractivity contribution in [2.45, 2.75) is 6.18 Å². The van der Waals surface area contributed by atoms with Gasteiger partial charge in [-0.1, -0.05) is 12.1 Å². The average molecular weight is 360 g/mol. The smallest absolute Gasteiger partial charge is 0.383 e. The summed E-state index contributed by atoms with van der Waals surface area (Å²) in [6, 6.07) is 8.02. The highest BCUT2D eigenvalue weighted by Crippen LogP contribution is 2.33. The van der Waals surface area contributed by atoms with E-state index in [0.29, 0.717) is 5.52 Å². The van der Waals surface area contributed by atoms with Gasteiger partial charge in [0, 0.05) is 38.1 Å². The maximum Gasteiger partial charge on any atom is 0.416 e. The standard InChI is InChI=1S/C18H15F3N4O/c1-24(2)10-8-15(26)16-14-7-4-9-22-25(14)23-17(16)12-5-3-6-13(11-12)18(19,20)21/h3-11H,1-2H3/b10-8+. The monoisotopic (exact) mass is 360 g/mol. The second-order valence-electron chi connectivity index (χ2n) is 5.84. The molecule has 134 valence electrons. The Morgan fingerprint density at radius 3 is 2.65 bits per heavy atom. The zero-order chi connectivity index (χ0) is 18.9. The molecule has 2 heterocycles. The van der Waals surface area contributed by atoms with Gasteiger partial charge in [-0.05, 0) is 24.3 Å². The number of hydrogen-bond acceptors (Lipinski definition) is 4. The number of halogens is 3. The van der Waals surface area contributed by atoms with Crippen LogP contribution in [0, 0.1) is 0 Å². The van der Waals surface area contributed by atoms with Crippen LogP contribution in [0.15, 0.2) is 54.9 Å². The van der Waals surface area contributed by atoms with E-state index in [1.54, 1.807) is 37.3 Å². The molecule has 5 nitrogen and oxygen atoms in total. The molecule has 3 aromatic rings. The van der Waals surface area contributed by atoms with Crippen LogP contribution >= 0.6 is 0 Å². The summed E-state index contributed by atoms with van der Waals surface area (Å²) in [6.07, 6.45) is -0.0819. The highest BCUT2D eigenvalue weighted by molar-refractivity contribution is 6.13. The van der Waals surface area contributed by atoms with E-state index in [9.17, 15) is 18.0 Å². The Bertz CT molecular complexity index is 990. The lowest BCUT2D eigenvalue weighted by Crippen LogP contribution is -2.05. The molecule has 26 heavy (non-hydrogen) atoms. The van der Waals surface area contributed by atoms with Gasteiger partial charge in [0.05, 0.1) is 16.6 Å². The molecule has 0 aliphatic heterocycles. The summed E-state index contributed by atoms with van der Waals surface area (Å²) >= 11 is 0. The van der Waals surface area contributed by atoms with E-state index in [4.69, 9.17) is 0 Å². The Balaban J connectivity index is 2.20. The third-order valence-corrected chi connectivity index (χ3v) is 3.65. The molecule has 0 spiro atoms. The first-order valence-electron chi connectivity index (χ1n) is 7.68. The molecule has 0 amide bonds. The highest BCUT2D eigenvalue weighted by Gasteiger charge is 2.31. The lowest BCUT2D eigenvalue weighted by Gasteiger charge is -2.08. The fourth-order valence-corrected chi connectivity index (χ4v) is 2.48. The predicted octanol–water partition coefficient (Wildman–Crippen LogP) is 3.67. The van der Waals surface area contributed by atoms with Gasteiger partial charge in [0.25, 0.3) is 0 Å². The molecular weight excluding hydrogens is 345 g/mol. The molecule has 0 aliphatic rings. The molecule has 0 fully saturated rings. The fourth-order valence-electron chi connectivity index (χ4n) is 2.48. The molecule has 0 N–H and O–H groups in total. The van der Waals surface area contributed by atoms with E-state index in [2.05, 4.69) is 10.2 Å². The zero-order valence-corrected chi connectivity index (χ0v) is 14.0. The second kappa shape index (κ2) is 6.62. The molecule has 0 bridgehead atoms. The number of hydrogen-bond donors (Lipinski definition) is 0. The van der Waals surface area contributed by atoms with Gasteiger partial charge in [-0.3, -0.25) is 4.79 Å². The van der Waals surface area contributed by atoms with Gasteiger partial charge < -0.3 is 4.90 Å². The van der Waals surface area contributed by atoms with E-state index in [-0.39, 0.29) is 22.6 Å². The maximum absolute atomic E-state index is 13.0.